The van der Waals surface area contributed by atoms with Crippen molar-refractivity contribution >= 4 is 39.7 Å². The largest absolute Gasteiger partial charge is 0.493 e. The molecule has 3 aromatic carbocycles. The molecule has 2 N–H and O–H groups in total. The van der Waals surface area contributed by atoms with Gasteiger partial charge in [-0.1, -0.05) is 29.8 Å². The number of allylic oxidation sites excluding steroid dienone is 1. The van der Waals surface area contributed by atoms with Crippen LogP contribution in [0, 0.1) is 0 Å². The Morgan fingerprint density at radius 3 is 2.50 bits per heavy atom. The summed E-state index contributed by atoms with van der Waals surface area (Å²) in [4.78, 5) is 27.5. The van der Waals surface area contributed by atoms with E-state index >= 15 is 0 Å². The van der Waals surface area contributed by atoms with Gasteiger partial charge in [0.1, 0.15) is 11.8 Å². The van der Waals surface area contributed by atoms with Crippen LogP contribution in [0.4, 0.5) is 11.4 Å². The summed E-state index contributed by atoms with van der Waals surface area (Å²) in [5.41, 5.74) is 4.46. The average molecular weight is 529 g/mol. The van der Waals surface area contributed by atoms with Crippen molar-refractivity contribution < 1.29 is 18.7 Å². The van der Waals surface area contributed by atoms with Gasteiger partial charge in [-0.05, 0) is 60.4 Å². The molecule has 192 valence electrons. The minimum absolute atomic E-state index is 0.0468. The SMILES string of the molecule is COc1ccc([C@H]2CC(=O)C3=C(C2)Nc2ccccc2N[C@H]3c2coc3ccc(Cl)cc3c2=O)cc1OC. The van der Waals surface area contributed by atoms with Crippen LogP contribution in [-0.2, 0) is 4.79 Å². The van der Waals surface area contributed by atoms with E-state index in [1.165, 1.54) is 6.26 Å². The molecule has 1 aromatic heterocycles. The molecule has 8 heteroatoms. The lowest BCUT2D eigenvalue weighted by Gasteiger charge is -2.29. The normalized spacial score (nSPS) is 18.7. The summed E-state index contributed by atoms with van der Waals surface area (Å²) in [6.45, 7) is 0. The second-order valence-corrected chi connectivity index (χ2v) is 9.88. The van der Waals surface area contributed by atoms with E-state index in [1.54, 1.807) is 32.4 Å². The molecule has 1 aliphatic carbocycles. The lowest BCUT2D eigenvalue weighted by molar-refractivity contribution is -0.116. The second-order valence-electron chi connectivity index (χ2n) is 9.44. The van der Waals surface area contributed by atoms with Crippen molar-refractivity contribution in [1.29, 1.82) is 0 Å². The van der Waals surface area contributed by atoms with E-state index in [1.807, 2.05) is 42.5 Å². The van der Waals surface area contributed by atoms with Crippen LogP contribution in [0.1, 0.15) is 35.9 Å². The number of hydrogen-bond acceptors (Lipinski definition) is 7. The van der Waals surface area contributed by atoms with E-state index in [4.69, 9.17) is 25.5 Å². The van der Waals surface area contributed by atoms with E-state index in [9.17, 15) is 9.59 Å². The number of methoxy groups -OCH3 is 2. The van der Waals surface area contributed by atoms with Gasteiger partial charge in [0, 0.05) is 22.7 Å². The first-order valence-electron chi connectivity index (χ1n) is 12.3. The molecule has 0 unspecified atom stereocenters. The maximum atomic E-state index is 13.9. The van der Waals surface area contributed by atoms with Crippen LogP contribution in [0.5, 0.6) is 11.5 Å². The van der Waals surface area contributed by atoms with Crippen LogP contribution in [0.2, 0.25) is 5.02 Å². The van der Waals surface area contributed by atoms with Gasteiger partial charge in [-0.2, -0.15) is 0 Å². The molecule has 2 atom stereocenters. The molecule has 0 fully saturated rings. The molecule has 0 spiro atoms. The van der Waals surface area contributed by atoms with E-state index in [2.05, 4.69) is 10.6 Å². The first-order chi connectivity index (χ1) is 18.5. The minimum Gasteiger partial charge on any atom is -0.493 e. The van der Waals surface area contributed by atoms with Crippen molar-refractivity contribution in [3.8, 4) is 11.5 Å². The van der Waals surface area contributed by atoms with Crippen LogP contribution in [0.25, 0.3) is 11.0 Å². The molecule has 0 amide bonds. The summed E-state index contributed by atoms with van der Waals surface area (Å²) in [7, 11) is 3.19. The fourth-order valence-electron chi connectivity index (χ4n) is 5.39. The molecule has 2 heterocycles. The van der Waals surface area contributed by atoms with Crippen LogP contribution in [-0.4, -0.2) is 20.0 Å². The lowest BCUT2D eigenvalue weighted by Crippen LogP contribution is -2.29. The zero-order valence-corrected chi connectivity index (χ0v) is 21.6. The maximum absolute atomic E-state index is 13.9. The zero-order chi connectivity index (χ0) is 26.4. The van der Waals surface area contributed by atoms with Crippen molar-refractivity contribution in [2.24, 2.45) is 0 Å². The average Bonchev–Trinajstić information content (AvgIpc) is 3.10. The van der Waals surface area contributed by atoms with Crippen molar-refractivity contribution in [1.82, 2.24) is 0 Å². The number of para-hydroxylation sites is 2. The Hall–Kier alpha value is -4.23. The molecule has 0 radical (unpaired) electrons. The number of halogens is 1. The number of nitrogens with one attached hydrogen (secondary N) is 2. The van der Waals surface area contributed by atoms with Crippen molar-refractivity contribution in [3.63, 3.8) is 0 Å². The van der Waals surface area contributed by atoms with E-state index < -0.39 is 6.04 Å². The number of carbonyl (C=O) groups excluding carboxylic acids is 1. The molecule has 38 heavy (non-hydrogen) atoms. The van der Waals surface area contributed by atoms with Gasteiger partial charge in [0.2, 0.25) is 0 Å². The highest BCUT2D eigenvalue weighted by atomic mass is 35.5. The first kappa shape index (κ1) is 24.1. The number of Topliss-reactive ketones (excluding diaryl/α,β-unsaturated/α-hetero) is 1. The number of rotatable bonds is 4. The predicted molar refractivity (Wildman–Crippen MR) is 147 cm³/mol. The third-order valence-electron chi connectivity index (χ3n) is 7.26. The van der Waals surface area contributed by atoms with Gasteiger partial charge >= 0.3 is 0 Å². The molecule has 4 aromatic rings. The fraction of sp³-hybridized carbons (Fsp3) is 0.200. The van der Waals surface area contributed by atoms with E-state index in [-0.39, 0.29) is 23.6 Å². The van der Waals surface area contributed by atoms with Gasteiger partial charge in [-0.25, -0.2) is 0 Å². The monoisotopic (exact) mass is 528 g/mol. The van der Waals surface area contributed by atoms with Gasteiger partial charge in [-0.3, -0.25) is 9.59 Å². The Morgan fingerprint density at radius 2 is 1.71 bits per heavy atom. The molecule has 6 rings (SSSR count). The van der Waals surface area contributed by atoms with Crippen LogP contribution >= 0.6 is 11.6 Å². The Morgan fingerprint density at radius 1 is 0.921 bits per heavy atom. The quantitative estimate of drug-likeness (QED) is 0.315. The van der Waals surface area contributed by atoms with E-state index in [0.717, 1.165) is 22.6 Å². The van der Waals surface area contributed by atoms with Crippen LogP contribution in [0.15, 0.2) is 87.4 Å². The second kappa shape index (κ2) is 9.58. The molecule has 0 saturated heterocycles. The summed E-state index contributed by atoms with van der Waals surface area (Å²) in [6.07, 6.45) is 2.31. The predicted octanol–water partition coefficient (Wildman–Crippen LogP) is 6.44. The molecular formula is C30H25ClN2O5. The van der Waals surface area contributed by atoms with Crippen LogP contribution in [0.3, 0.4) is 0 Å². The van der Waals surface area contributed by atoms with Crippen molar-refractivity contribution in [3.05, 3.63) is 105 Å². The van der Waals surface area contributed by atoms with Gasteiger partial charge in [0.05, 0.1) is 42.6 Å². The first-order valence-corrected chi connectivity index (χ1v) is 12.7. The van der Waals surface area contributed by atoms with Crippen molar-refractivity contribution in [2.45, 2.75) is 24.8 Å². The minimum atomic E-state index is -0.695. The summed E-state index contributed by atoms with van der Waals surface area (Å²) in [6, 6.07) is 17.7. The Labute approximate surface area is 224 Å². The number of carbonyl (C=O) groups is 1. The standard InChI is InChI=1S/C30H25ClN2O5/c1-36-26-9-7-16(13-27(26)37-2)17-11-23-28(24(34)12-17)29(33-22-6-4-3-5-21(22)32-23)20-15-38-25-10-8-18(31)14-19(25)30(20)35/h3-10,13-15,17,29,32-33H,11-12H2,1-2H3/t17-,29+/m1/s1. The van der Waals surface area contributed by atoms with E-state index in [0.29, 0.717) is 45.0 Å². The summed E-state index contributed by atoms with van der Waals surface area (Å²) < 4.78 is 16.7. The molecule has 0 bridgehead atoms. The Bertz CT molecular complexity index is 1680. The lowest BCUT2D eigenvalue weighted by atomic mass is 9.78. The van der Waals surface area contributed by atoms with Gasteiger partial charge in [0.25, 0.3) is 0 Å². The number of anilines is 2. The van der Waals surface area contributed by atoms with Gasteiger partial charge < -0.3 is 24.5 Å². The molecule has 2 aliphatic rings. The Kier molecular flexibility index (Phi) is 6.08. The number of fused-ring (bicyclic) bond motifs is 2. The topological polar surface area (TPSA) is 89.8 Å². The molecule has 0 saturated carbocycles. The number of ketones is 1. The number of ether oxygens (including phenoxy) is 2. The fourth-order valence-corrected chi connectivity index (χ4v) is 5.56. The third kappa shape index (κ3) is 4.09. The summed E-state index contributed by atoms with van der Waals surface area (Å²) >= 11 is 6.18. The Balaban J connectivity index is 1.48. The molecular weight excluding hydrogens is 504 g/mol. The highest BCUT2D eigenvalue weighted by molar-refractivity contribution is 6.31. The third-order valence-corrected chi connectivity index (χ3v) is 7.50. The highest BCUT2D eigenvalue weighted by Gasteiger charge is 2.37. The maximum Gasteiger partial charge on any atom is 0.198 e. The van der Waals surface area contributed by atoms with Gasteiger partial charge in [-0.15, -0.1) is 0 Å². The molecule has 1 aliphatic heterocycles. The van der Waals surface area contributed by atoms with Crippen LogP contribution < -0.4 is 25.5 Å². The zero-order valence-electron chi connectivity index (χ0n) is 20.8. The summed E-state index contributed by atoms with van der Waals surface area (Å²) in [5.74, 6) is 1.12. The molecule has 7 nitrogen and oxygen atoms in total. The summed E-state index contributed by atoms with van der Waals surface area (Å²) in [5, 5.41) is 7.75. The number of benzene rings is 3. The highest BCUT2D eigenvalue weighted by Crippen LogP contribution is 2.45. The van der Waals surface area contributed by atoms with Crippen molar-refractivity contribution in [2.75, 3.05) is 24.9 Å². The smallest absolute Gasteiger partial charge is 0.198 e. The van der Waals surface area contributed by atoms with Gasteiger partial charge in [0.15, 0.2) is 22.7 Å². The number of hydrogen-bond donors (Lipinski definition) is 2.